The fourth-order valence-corrected chi connectivity index (χ4v) is 1.89. The van der Waals surface area contributed by atoms with Gasteiger partial charge in [0.15, 0.2) is 0 Å². The van der Waals surface area contributed by atoms with Crippen LogP contribution in [0.3, 0.4) is 0 Å². The van der Waals surface area contributed by atoms with Crippen LogP contribution in [-0.2, 0) is 11.2 Å². The fourth-order valence-electron chi connectivity index (χ4n) is 1.89. The van der Waals surface area contributed by atoms with Crippen molar-refractivity contribution in [3.63, 3.8) is 0 Å². The van der Waals surface area contributed by atoms with Crippen molar-refractivity contribution in [2.75, 3.05) is 30.4 Å². The quantitative estimate of drug-likeness (QED) is 0.744. The molecular formula is C12H16N2O2. The Morgan fingerprint density at radius 1 is 1.50 bits per heavy atom. The van der Waals surface area contributed by atoms with E-state index < -0.39 is 0 Å². The van der Waals surface area contributed by atoms with Gasteiger partial charge in [-0.15, -0.1) is 0 Å². The molecule has 0 saturated carbocycles. The Bertz CT molecular complexity index is 404. The molecule has 2 rings (SSSR count). The van der Waals surface area contributed by atoms with Gasteiger partial charge < -0.3 is 15.3 Å². The third kappa shape index (κ3) is 2.02. The van der Waals surface area contributed by atoms with Gasteiger partial charge in [-0.05, 0) is 30.2 Å². The Morgan fingerprint density at radius 2 is 2.31 bits per heavy atom. The van der Waals surface area contributed by atoms with Gasteiger partial charge in [-0.1, -0.05) is 0 Å². The molecule has 86 valence electrons. The fraction of sp³-hybridized carbons (Fsp3) is 0.417. The highest BCUT2D eigenvalue weighted by Gasteiger charge is 2.23. The molecule has 1 aromatic rings. The SMILES string of the molecule is CN1C(=O)Cc2cc(NCCCO)ccc21. The largest absolute Gasteiger partial charge is 0.396 e. The van der Waals surface area contributed by atoms with Gasteiger partial charge in [-0.3, -0.25) is 4.79 Å². The molecule has 4 heteroatoms. The summed E-state index contributed by atoms with van der Waals surface area (Å²) < 4.78 is 0. The number of likely N-dealkylation sites (N-methyl/N-ethyl adjacent to an activating group) is 1. The number of anilines is 2. The Kier molecular flexibility index (Phi) is 3.10. The monoisotopic (exact) mass is 220 g/mol. The Hall–Kier alpha value is -1.55. The van der Waals surface area contributed by atoms with Crippen LogP contribution in [0.2, 0.25) is 0 Å². The predicted octanol–water partition coefficient (Wildman–Crippen LogP) is 1.000. The lowest BCUT2D eigenvalue weighted by Crippen LogP contribution is -2.20. The molecule has 1 aliphatic rings. The second-order valence-corrected chi connectivity index (χ2v) is 3.98. The summed E-state index contributed by atoms with van der Waals surface area (Å²) in [4.78, 5) is 13.2. The molecule has 1 aromatic carbocycles. The first-order valence-corrected chi connectivity index (χ1v) is 5.46. The second-order valence-electron chi connectivity index (χ2n) is 3.98. The van der Waals surface area contributed by atoms with Crippen LogP contribution in [0.4, 0.5) is 11.4 Å². The molecule has 0 unspecified atom stereocenters. The Balaban J connectivity index is 2.09. The van der Waals surface area contributed by atoms with Gasteiger partial charge in [0, 0.05) is 31.6 Å². The molecule has 1 amide bonds. The topological polar surface area (TPSA) is 52.6 Å². The Morgan fingerprint density at radius 3 is 3.06 bits per heavy atom. The molecule has 0 aliphatic carbocycles. The van der Waals surface area contributed by atoms with Crippen LogP contribution in [0.5, 0.6) is 0 Å². The number of aliphatic hydroxyl groups is 1. The number of hydrogen-bond acceptors (Lipinski definition) is 3. The molecule has 1 heterocycles. The molecule has 16 heavy (non-hydrogen) atoms. The summed E-state index contributed by atoms with van der Waals surface area (Å²) in [5, 5.41) is 11.9. The average Bonchev–Trinajstić information content (AvgIpc) is 2.55. The average molecular weight is 220 g/mol. The number of rotatable bonds is 4. The highest BCUT2D eigenvalue weighted by atomic mass is 16.3. The first-order chi connectivity index (χ1) is 7.72. The molecular weight excluding hydrogens is 204 g/mol. The minimum atomic E-state index is 0.141. The van der Waals surface area contributed by atoms with Crippen molar-refractivity contribution in [1.29, 1.82) is 0 Å². The van der Waals surface area contributed by atoms with Gasteiger partial charge >= 0.3 is 0 Å². The summed E-state index contributed by atoms with van der Waals surface area (Å²) in [6, 6.07) is 5.93. The smallest absolute Gasteiger partial charge is 0.231 e. The lowest BCUT2D eigenvalue weighted by Gasteiger charge is -2.11. The molecule has 2 N–H and O–H groups in total. The van der Waals surface area contributed by atoms with Crippen molar-refractivity contribution in [2.45, 2.75) is 12.8 Å². The maximum absolute atomic E-state index is 11.5. The van der Waals surface area contributed by atoms with Crippen LogP contribution in [-0.4, -0.2) is 31.2 Å². The van der Waals surface area contributed by atoms with Crippen LogP contribution >= 0.6 is 0 Å². The number of fused-ring (bicyclic) bond motifs is 1. The maximum atomic E-state index is 11.5. The zero-order valence-electron chi connectivity index (χ0n) is 9.36. The second kappa shape index (κ2) is 4.53. The molecule has 0 spiro atoms. The minimum Gasteiger partial charge on any atom is -0.396 e. The molecule has 4 nitrogen and oxygen atoms in total. The molecule has 0 atom stereocenters. The number of amides is 1. The normalized spacial score (nSPS) is 14.1. The summed E-state index contributed by atoms with van der Waals surface area (Å²) in [6.45, 7) is 0.943. The van der Waals surface area contributed by atoms with Crippen LogP contribution < -0.4 is 10.2 Å². The van der Waals surface area contributed by atoms with E-state index in [1.807, 2.05) is 18.2 Å². The number of hydrogen-bond donors (Lipinski definition) is 2. The van der Waals surface area contributed by atoms with Crippen molar-refractivity contribution < 1.29 is 9.90 Å². The lowest BCUT2D eigenvalue weighted by molar-refractivity contribution is -0.117. The lowest BCUT2D eigenvalue weighted by atomic mass is 10.1. The van der Waals surface area contributed by atoms with Crippen molar-refractivity contribution in [1.82, 2.24) is 0 Å². The summed E-state index contributed by atoms with van der Waals surface area (Å²) in [7, 11) is 1.80. The van der Waals surface area contributed by atoms with E-state index in [2.05, 4.69) is 5.32 Å². The van der Waals surface area contributed by atoms with Crippen molar-refractivity contribution in [3.8, 4) is 0 Å². The minimum absolute atomic E-state index is 0.141. The highest BCUT2D eigenvalue weighted by molar-refractivity contribution is 6.01. The summed E-state index contributed by atoms with van der Waals surface area (Å²) in [5.41, 5.74) is 3.08. The zero-order valence-corrected chi connectivity index (χ0v) is 9.36. The van der Waals surface area contributed by atoms with Gasteiger partial charge in [-0.2, -0.15) is 0 Å². The van der Waals surface area contributed by atoms with Gasteiger partial charge in [0.25, 0.3) is 0 Å². The van der Waals surface area contributed by atoms with Gasteiger partial charge in [-0.25, -0.2) is 0 Å². The maximum Gasteiger partial charge on any atom is 0.231 e. The zero-order chi connectivity index (χ0) is 11.5. The third-order valence-corrected chi connectivity index (χ3v) is 2.82. The van der Waals surface area contributed by atoms with E-state index in [0.29, 0.717) is 6.42 Å². The van der Waals surface area contributed by atoms with E-state index in [-0.39, 0.29) is 12.5 Å². The van der Waals surface area contributed by atoms with E-state index in [4.69, 9.17) is 5.11 Å². The number of carbonyl (C=O) groups excluding carboxylic acids is 1. The van der Waals surface area contributed by atoms with Crippen LogP contribution in [0.1, 0.15) is 12.0 Å². The number of benzene rings is 1. The summed E-state index contributed by atoms with van der Waals surface area (Å²) in [5.74, 6) is 0.141. The van der Waals surface area contributed by atoms with E-state index in [9.17, 15) is 4.79 Å². The predicted molar refractivity (Wildman–Crippen MR) is 63.7 cm³/mol. The van der Waals surface area contributed by atoms with Crippen molar-refractivity contribution in [3.05, 3.63) is 23.8 Å². The summed E-state index contributed by atoms with van der Waals surface area (Å²) in [6.07, 6.45) is 1.22. The highest BCUT2D eigenvalue weighted by Crippen LogP contribution is 2.29. The first kappa shape index (κ1) is 11.0. The number of nitrogens with zero attached hydrogens (tertiary/aromatic N) is 1. The molecule has 1 aliphatic heterocycles. The molecule has 0 saturated heterocycles. The van der Waals surface area contributed by atoms with E-state index in [1.165, 1.54) is 0 Å². The van der Waals surface area contributed by atoms with Crippen molar-refractivity contribution >= 4 is 17.3 Å². The van der Waals surface area contributed by atoms with Gasteiger partial charge in [0.2, 0.25) is 5.91 Å². The molecule has 0 radical (unpaired) electrons. The van der Waals surface area contributed by atoms with E-state index in [1.54, 1.807) is 11.9 Å². The summed E-state index contributed by atoms with van der Waals surface area (Å²) >= 11 is 0. The van der Waals surface area contributed by atoms with E-state index in [0.717, 1.165) is 29.9 Å². The third-order valence-electron chi connectivity index (χ3n) is 2.82. The standard InChI is InChI=1S/C12H16N2O2/c1-14-11-4-3-10(13-5-2-6-15)7-9(11)8-12(14)16/h3-4,7,13,15H,2,5-6,8H2,1H3. The van der Waals surface area contributed by atoms with Crippen molar-refractivity contribution in [2.24, 2.45) is 0 Å². The van der Waals surface area contributed by atoms with Crippen LogP contribution in [0, 0.1) is 0 Å². The van der Waals surface area contributed by atoms with Crippen LogP contribution in [0.15, 0.2) is 18.2 Å². The Labute approximate surface area is 94.9 Å². The molecule has 0 fully saturated rings. The number of aliphatic hydroxyl groups excluding tert-OH is 1. The van der Waals surface area contributed by atoms with E-state index >= 15 is 0 Å². The number of nitrogens with one attached hydrogen (secondary N) is 1. The van der Waals surface area contributed by atoms with Gasteiger partial charge in [0.05, 0.1) is 6.42 Å². The molecule has 0 aromatic heterocycles. The number of carbonyl (C=O) groups is 1. The van der Waals surface area contributed by atoms with Crippen LogP contribution in [0.25, 0.3) is 0 Å². The first-order valence-electron chi connectivity index (χ1n) is 5.46. The van der Waals surface area contributed by atoms with Gasteiger partial charge in [0.1, 0.15) is 0 Å². The molecule has 0 bridgehead atoms.